The van der Waals surface area contributed by atoms with Crippen LogP contribution in [-0.4, -0.2) is 42.4 Å². The summed E-state index contributed by atoms with van der Waals surface area (Å²) in [5.74, 6) is 1.58. The summed E-state index contributed by atoms with van der Waals surface area (Å²) < 4.78 is 10.8. The highest BCUT2D eigenvalue weighted by molar-refractivity contribution is 5.72. The number of methoxy groups -OCH3 is 2. The van der Waals surface area contributed by atoms with Crippen molar-refractivity contribution in [3.63, 3.8) is 0 Å². The highest BCUT2D eigenvalue weighted by Crippen LogP contribution is 2.36. The van der Waals surface area contributed by atoms with Crippen LogP contribution in [-0.2, 0) is 13.0 Å². The van der Waals surface area contributed by atoms with E-state index in [-0.39, 0.29) is 0 Å². The lowest BCUT2D eigenvalue weighted by atomic mass is 10.00. The van der Waals surface area contributed by atoms with E-state index in [2.05, 4.69) is 22.0 Å². The minimum Gasteiger partial charge on any atom is -0.497 e. The Bertz CT molecular complexity index is 651. The number of ether oxygens (including phenoxy) is 2. The minimum atomic E-state index is 0.789. The fraction of sp³-hybridized carbons (Fsp3) is 0.471. The van der Waals surface area contributed by atoms with E-state index in [9.17, 15) is 0 Å². The average Bonchev–Trinajstić information content (AvgIpc) is 2.97. The van der Waals surface area contributed by atoms with Crippen LogP contribution < -0.4 is 9.47 Å². The van der Waals surface area contributed by atoms with E-state index in [0.717, 1.165) is 48.8 Å². The first-order valence-corrected chi connectivity index (χ1v) is 7.77. The molecule has 0 unspecified atom stereocenters. The first-order valence-electron chi connectivity index (χ1n) is 7.77. The van der Waals surface area contributed by atoms with Crippen LogP contribution in [0.1, 0.15) is 24.6 Å². The number of fused-ring (bicyclic) bond motifs is 1. The number of aromatic nitrogens is 2. The smallest absolute Gasteiger partial charge is 0.132 e. The van der Waals surface area contributed by atoms with Crippen LogP contribution in [0.25, 0.3) is 11.3 Å². The molecule has 0 spiro atoms. The van der Waals surface area contributed by atoms with Crippen LogP contribution in [0.2, 0.25) is 0 Å². The largest absolute Gasteiger partial charge is 0.497 e. The molecule has 1 aliphatic rings. The molecule has 1 aromatic carbocycles. The molecular weight excluding hydrogens is 278 g/mol. The van der Waals surface area contributed by atoms with Crippen LogP contribution in [0.15, 0.2) is 18.2 Å². The fourth-order valence-electron chi connectivity index (χ4n) is 3.07. The van der Waals surface area contributed by atoms with Gasteiger partial charge >= 0.3 is 0 Å². The van der Waals surface area contributed by atoms with Gasteiger partial charge in [0.15, 0.2) is 0 Å². The summed E-state index contributed by atoms with van der Waals surface area (Å²) in [5.41, 5.74) is 4.55. The van der Waals surface area contributed by atoms with Gasteiger partial charge in [0, 0.05) is 42.4 Å². The Balaban J connectivity index is 1.98. The molecule has 0 fully saturated rings. The van der Waals surface area contributed by atoms with Crippen molar-refractivity contribution in [2.24, 2.45) is 0 Å². The number of rotatable bonds is 5. The molecule has 1 N–H and O–H groups in total. The van der Waals surface area contributed by atoms with Gasteiger partial charge < -0.3 is 9.47 Å². The Labute approximate surface area is 131 Å². The van der Waals surface area contributed by atoms with Crippen molar-refractivity contribution in [1.82, 2.24) is 15.1 Å². The van der Waals surface area contributed by atoms with Gasteiger partial charge in [0.05, 0.1) is 14.2 Å². The summed E-state index contributed by atoms with van der Waals surface area (Å²) in [6.45, 7) is 5.40. The maximum absolute atomic E-state index is 5.53. The van der Waals surface area contributed by atoms with Crippen molar-refractivity contribution >= 4 is 0 Å². The lowest BCUT2D eigenvalue weighted by Gasteiger charge is -2.26. The summed E-state index contributed by atoms with van der Waals surface area (Å²) in [7, 11) is 3.34. The zero-order valence-corrected chi connectivity index (χ0v) is 13.5. The number of H-pyrrole nitrogens is 1. The molecule has 2 aromatic rings. The standard InChI is InChI=1S/C17H23N3O2/c1-4-8-20-9-7-15-14(11-20)17(19-18-15)13-6-5-12(21-2)10-16(13)22-3/h5-6,10H,4,7-9,11H2,1-3H3,(H,18,19). The number of nitrogens with zero attached hydrogens (tertiary/aromatic N) is 2. The van der Waals surface area contributed by atoms with Crippen molar-refractivity contribution in [1.29, 1.82) is 0 Å². The summed E-state index contributed by atoms with van der Waals surface area (Å²) in [6, 6.07) is 5.88. The summed E-state index contributed by atoms with van der Waals surface area (Å²) >= 11 is 0. The second kappa shape index (κ2) is 6.40. The van der Waals surface area contributed by atoms with Crippen molar-refractivity contribution < 1.29 is 9.47 Å². The summed E-state index contributed by atoms with van der Waals surface area (Å²) in [5, 5.41) is 7.76. The van der Waals surface area contributed by atoms with E-state index in [0.29, 0.717) is 0 Å². The van der Waals surface area contributed by atoms with Crippen molar-refractivity contribution in [2.75, 3.05) is 27.3 Å². The van der Waals surface area contributed by atoms with E-state index in [1.54, 1.807) is 14.2 Å². The topological polar surface area (TPSA) is 50.4 Å². The minimum absolute atomic E-state index is 0.789. The highest BCUT2D eigenvalue weighted by atomic mass is 16.5. The molecule has 3 rings (SSSR count). The van der Waals surface area contributed by atoms with Gasteiger partial charge in [0.2, 0.25) is 0 Å². The predicted molar refractivity (Wildman–Crippen MR) is 86.4 cm³/mol. The Morgan fingerprint density at radius 1 is 1.27 bits per heavy atom. The van der Waals surface area contributed by atoms with Crippen LogP contribution in [0.3, 0.4) is 0 Å². The average molecular weight is 301 g/mol. The van der Waals surface area contributed by atoms with Crippen LogP contribution in [0.4, 0.5) is 0 Å². The molecule has 0 atom stereocenters. The van der Waals surface area contributed by atoms with E-state index in [4.69, 9.17) is 9.47 Å². The Kier molecular flexibility index (Phi) is 4.34. The molecule has 1 aliphatic heterocycles. The first-order chi connectivity index (χ1) is 10.8. The number of aromatic amines is 1. The van der Waals surface area contributed by atoms with E-state index in [1.165, 1.54) is 17.7 Å². The van der Waals surface area contributed by atoms with Gasteiger partial charge in [-0.3, -0.25) is 10.00 Å². The monoisotopic (exact) mass is 301 g/mol. The van der Waals surface area contributed by atoms with E-state index < -0.39 is 0 Å². The predicted octanol–water partition coefficient (Wildman–Crippen LogP) is 2.86. The molecule has 0 bridgehead atoms. The number of nitrogens with one attached hydrogen (secondary N) is 1. The molecular formula is C17H23N3O2. The lowest BCUT2D eigenvalue weighted by Crippen LogP contribution is -2.31. The number of hydrogen-bond acceptors (Lipinski definition) is 4. The van der Waals surface area contributed by atoms with Crippen molar-refractivity contribution in [2.45, 2.75) is 26.3 Å². The van der Waals surface area contributed by atoms with Gasteiger partial charge in [0.25, 0.3) is 0 Å². The van der Waals surface area contributed by atoms with Gasteiger partial charge in [-0.15, -0.1) is 0 Å². The second-order valence-electron chi connectivity index (χ2n) is 5.62. The SMILES string of the molecule is CCCN1CCc2[nH]nc(-c3ccc(OC)cc3OC)c2C1. The lowest BCUT2D eigenvalue weighted by molar-refractivity contribution is 0.254. The molecule has 2 heterocycles. The zero-order valence-electron chi connectivity index (χ0n) is 13.5. The van der Waals surface area contributed by atoms with Gasteiger partial charge in [0.1, 0.15) is 17.2 Å². The number of benzene rings is 1. The maximum Gasteiger partial charge on any atom is 0.132 e. The van der Waals surface area contributed by atoms with E-state index in [1.807, 2.05) is 18.2 Å². The molecule has 0 saturated carbocycles. The molecule has 1 aromatic heterocycles. The fourth-order valence-corrected chi connectivity index (χ4v) is 3.07. The molecule has 0 radical (unpaired) electrons. The Morgan fingerprint density at radius 2 is 2.14 bits per heavy atom. The summed E-state index contributed by atoms with van der Waals surface area (Å²) in [6.07, 6.45) is 2.20. The Hall–Kier alpha value is -2.01. The third kappa shape index (κ3) is 2.68. The molecule has 22 heavy (non-hydrogen) atoms. The maximum atomic E-state index is 5.53. The van der Waals surface area contributed by atoms with Crippen LogP contribution >= 0.6 is 0 Å². The second-order valence-corrected chi connectivity index (χ2v) is 5.62. The van der Waals surface area contributed by atoms with Crippen molar-refractivity contribution in [3.8, 4) is 22.8 Å². The van der Waals surface area contributed by atoms with E-state index >= 15 is 0 Å². The normalized spacial score (nSPS) is 14.7. The molecule has 5 heteroatoms. The van der Waals surface area contributed by atoms with Gasteiger partial charge in [-0.2, -0.15) is 5.10 Å². The zero-order chi connectivity index (χ0) is 15.5. The quantitative estimate of drug-likeness (QED) is 0.922. The third-order valence-corrected chi connectivity index (χ3v) is 4.22. The third-order valence-electron chi connectivity index (χ3n) is 4.22. The Morgan fingerprint density at radius 3 is 2.86 bits per heavy atom. The van der Waals surface area contributed by atoms with Crippen molar-refractivity contribution in [3.05, 3.63) is 29.5 Å². The molecule has 0 saturated heterocycles. The molecule has 5 nitrogen and oxygen atoms in total. The molecule has 0 amide bonds. The van der Waals surface area contributed by atoms with Crippen LogP contribution in [0, 0.1) is 0 Å². The number of hydrogen-bond donors (Lipinski definition) is 1. The first kappa shape index (κ1) is 14.9. The molecule has 118 valence electrons. The van der Waals surface area contributed by atoms with Gasteiger partial charge in [-0.05, 0) is 25.1 Å². The van der Waals surface area contributed by atoms with Gasteiger partial charge in [-0.1, -0.05) is 6.92 Å². The highest BCUT2D eigenvalue weighted by Gasteiger charge is 2.23. The van der Waals surface area contributed by atoms with Gasteiger partial charge in [-0.25, -0.2) is 0 Å². The summed E-state index contributed by atoms with van der Waals surface area (Å²) in [4.78, 5) is 2.48. The molecule has 0 aliphatic carbocycles. The van der Waals surface area contributed by atoms with Crippen LogP contribution in [0.5, 0.6) is 11.5 Å².